The Morgan fingerprint density at radius 3 is 2.68 bits per heavy atom. The molecule has 0 unspecified atom stereocenters. The molecule has 4 rings (SSSR count). The number of amides is 1. The molecule has 0 spiro atoms. The van der Waals surface area contributed by atoms with Gasteiger partial charge in [0.1, 0.15) is 11.5 Å². The zero-order chi connectivity index (χ0) is 26.7. The van der Waals surface area contributed by atoms with Crippen LogP contribution in [0.2, 0.25) is 0 Å². The number of aliphatic hydroxyl groups excluding tert-OH is 1. The number of rotatable bonds is 14. The Hall–Kier alpha value is -2.26. The van der Waals surface area contributed by atoms with E-state index in [0.29, 0.717) is 17.9 Å². The standard InChI is InChI=1S/C30H42N2O5S/c1-2-3-4-8-27(33)23-9-11-25(12-10-23)32-24(13-16-29(32)34)6-5-7-26-14-15-28(38-26)30(35)37-22-19-31-17-20-36-21-18-31/h9-12,14-15,24,27,33H,2-8,13,16-22H2,1H3/t24-,27+/m0/s1. The van der Waals surface area contributed by atoms with Crippen LogP contribution in [0.3, 0.4) is 0 Å². The van der Waals surface area contributed by atoms with Crippen LogP contribution in [0.25, 0.3) is 0 Å². The number of benzene rings is 1. The second-order valence-electron chi connectivity index (χ2n) is 10.3. The van der Waals surface area contributed by atoms with Gasteiger partial charge in [0, 0.05) is 42.7 Å². The van der Waals surface area contributed by atoms with E-state index in [2.05, 4.69) is 11.8 Å². The molecule has 2 fully saturated rings. The van der Waals surface area contributed by atoms with Gasteiger partial charge in [-0.2, -0.15) is 0 Å². The van der Waals surface area contributed by atoms with E-state index < -0.39 is 6.10 Å². The molecule has 208 valence electrons. The summed E-state index contributed by atoms with van der Waals surface area (Å²) >= 11 is 1.51. The quantitative estimate of drug-likeness (QED) is 0.255. The van der Waals surface area contributed by atoms with Crippen LogP contribution in [0.5, 0.6) is 0 Å². The molecule has 7 nitrogen and oxygen atoms in total. The third kappa shape index (κ3) is 8.12. The van der Waals surface area contributed by atoms with Gasteiger partial charge >= 0.3 is 5.97 Å². The molecule has 1 N–H and O–H groups in total. The summed E-state index contributed by atoms with van der Waals surface area (Å²) in [7, 11) is 0. The molecule has 1 amide bonds. The van der Waals surface area contributed by atoms with Gasteiger partial charge < -0.3 is 19.5 Å². The van der Waals surface area contributed by atoms with Crippen molar-refractivity contribution < 1.29 is 24.2 Å². The number of nitrogens with zero attached hydrogens (tertiary/aromatic N) is 2. The number of esters is 1. The fourth-order valence-electron chi connectivity index (χ4n) is 5.28. The summed E-state index contributed by atoms with van der Waals surface area (Å²) < 4.78 is 10.8. The lowest BCUT2D eigenvalue weighted by atomic mass is 10.0. The summed E-state index contributed by atoms with van der Waals surface area (Å²) in [5, 5.41) is 10.4. The van der Waals surface area contributed by atoms with Gasteiger partial charge in [0.2, 0.25) is 5.91 Å². The average molecular weight is 543 g/mol. The molecule has 1 aromatic carbocycles. The van der Waals surface area contributed by atoms with E-state index in [-0.39, 0.29) is 17.9 Å². The fourth-order valence-corrected chi connectivity index (χ4v) is 6.22. The van der Waals surface area contributed by atoms with Crippen LogP contribution in [-0.4, -0.2) is 67.4 Å². The third-order valence-electron chi connectivity index (χ3n) is 7.53. The molecular formula is C30H42N2O5S. The van der Waals surface area contributed by atoms with Crippen LogP contribution >= 0.6 is 11.3 Å². The van der Waals surface area contributed by atoms with Crippen molar-refractivity contribution in [2.24, 2.45) is 0 Å². The first-order valence-corrected chi connectivity index (χ1v) is 15.0. The number of aliphatic hydroxyl groups is 1. The molecule has 2 aromatic rings. The van der Waals surface area contributed by atoms with Crippen LogP contribution in [0.1, 0.15) is 84.5 Å². The van der Waals surface area contributed by atoms with Crippen LogP contribution in [0.4, 0.5) is 5.69 Å². The molecule has 0 radical (unpaired) electrons. The van der Waals surface area contributed by atoms with Crippen molar-refractivity contribution in [2.45, 2.75) is 76.9 Å². The number of aryl methyl sites for hydroxylation is 1. The summed E-state index contributed by atoms with van der Waals surface area (Å²) in [5.74, 6) is -0.0783. The molecule has 3 heterocycles. The molecule has 1 aromatic heterocycles. The lowest BCUT2D eigenvalue weighted by Gasteiger charge is -2.26. The third-order valence-corrected chi connectivity index (χ3v) is 8.66. The predicted molar refractivity (Wildman–Crippen MR) is 151 cm³/mol. The molecule has 2 aliphatic rings. The monoisotopic (exact) mass is 542 g/mol. The zero-order valence-electron chi connectivity index (χ0n) is 22.6. The Balaban J connectivity index is 1.22. The molecule has 0 aliphatic carbocycles. The number of anilines is 1. The summed E-state index contributed by atoms with van der Waals surface area (Å²) in [6.07, 6.45) is 7.82. The van der Waals surface area contributed by atoms with E-state index in [1.165, 1.54) is 16.2 Å². The van der Waals surface area contributed by atoms with Gasteiger partial charge in [-0.05, 0) is 61.9 Å². The number of ether oxygens (including phenoxy) is 2. The van der Waals surface area contributed by atoms with Gasteiger partial charge in [0.15, 0.2) is 0 Å². The first-order chi connectivity index (χ1) is 18.5. The Bertz CT molecular complexity index is 1020. The van der Waals surface area contributed by atoms with Gasteiger partial charge in [0.05, 0.1) is 19.3 Å². The number of carbonyl (C=O) groups is 2. The van der Waals surface area contributed by atoms with Crippen molar-refractivity contribution in [3.05, 3.63) is 51.7 Å². The highest BCUT2D eigenvalue weighted by Gasteiger charge is 2.31. The van der Waals surface area contributed by atoms with Gasteiger partial charge in [-0.3, -0.25) is 9.69 Å². The Morgan fingerprint density at radius 2 is 1.92 bits per heavy atom. The maximum Gasteiger partial charge on any atom is 0.348 e. The SMILES string of the molecule is CCCCC[C@@H](O)c1ccc(N2C(=O)CC[C@@H]2CCCc2ccc(C(=O)OCCN3CCOCC3)s2)cc1. The topological polar surface area (TPSA) is 79.3 Å². The molecule has 2 aliphatic heterocycles. The maximum absolute atomic E-state index is 12.7. The van der Waals surface area contributed by atoms with E-state index in [4.69, 9.17) is 9.47 Å². The van der Waals surface area contributed by atoms with E-state index in [1.807, 2.05) is 41.3 Å². The van der Waals surface area contributed by atoms with E-state index >= 15 is 0 Å². The largest absolute Gasteiger partial charge is 0.460 e. The van der Waals surface area contributed by atoms with Crippen LogP contribution in [0.15, 0.2) is 36.4 Å². The Kier molecular flexibility index (Phi) is 11.2. The number of carbonyl (C=O) groups excluding carboxylic acids is 2. The lowest BCUT2D eigenvalue weighted by molar-refractivity contribution is -0.117. The summed E-state index contributed by atoms with van der Waals surface area (Å²) in [6.45, 7) is 6.56. The number of thiophene rings is 1. The molecule has 2 atom stereocenters. The maximum atomic E-state index is 12.7. The van der Waals surface area contributed by atoms with Crippen molar-refractivity contribution >= 4 is 28.9 Å². The highest BCUT2D eigenvalue weighted by molar-refractivity contribution is 7.13. The molecule has 38 heavy (non-hydrogen) atoms. The van der Waals surface area contributed by atoms with Gasteiger partial charge in [-0.1, -0.05) is 38.3 Å². The predicted octanol–water partition coefficient (Wildman–Crippen LogP) is 5.37. The first kappa shape index (κ1) is 28.7. The molecule has 0 saturated carbocycles. The lowest BCUT2D eigenvalue weighted by Crippen LogP contribution is -2.38. The first-order valence-electron chi connectivity index (χ1n) is 14.2. The Morgan fingerprint density at radius 1 is 1.13 bits per heavy atom. The van der Waals surface area contributed by atoms with Crippen molar-refractivity contribution in [3.63, 3.8) is 0 Å². The van der Waals surface area contributed by atoms with Crippen molar-refractivity contribution in [2.75, 3.05) is 44.4 Å². The van der Waals surface area contributed by atoms with E-state index in [1.54, 1.807) is 0 Å². The normalized spacial score (nSPS) is 19.2. The molecule has 2 saturated heterocycles. The van der Waals surface area contributed by atoms with Crippen LogP contribution in [-0.2, 0) is 20.7 Å². The number of morpholine rings is 1. The smallest absolute Gasteiger partial charge is 0.348 e. The zero-order valence-corrected chi connectivity index (χ0v) is 23.4. The van der Waals surface area contributed by atoms with Gasteiger partial charge in [0.25, 0.3) is 0 Å². The molecular weight excluding hydrogens is 500 g/mol. The highest BCUT2D eigenvalue weighted by atomic mass is 32.1. The van der Waals surface area contributed by atoms with Crippen LogP contribution < -0.4 is 4.90 Å². The highest BCUT2D eigenvalue weighted by Crippen LogP contribution is 2.31. The fraction of sp³-hybridized carbons (Fsp3) is 0.600. The number of hydrogen-bond acceptors (Lipinski definition) is 7. The Labute approximate surface area is 230 Å². The van der Waals surface area contributed by atoms with Crippen LogP contribution in [0, 0.1) is 0 Å². The van der Waals surface area contributed by atoms with Crippen molar-refractivity contribution in [3.8, 4) is 0 Å². The number of unbranched alkanes of at least 4 members (excludes halogenated alkanes) is 2. The minimum absolute atomic E-state index is 0.171. The second-order valence-corrected chi connectivity index (χ2v) is 11.5. The summed E-state index contributed by atoms with van der Waals surface area (Å²) in [5.41, 5.74) is 1.83. The van der Waals surface area contributed by atoms with E-state index in [9.17, 15) is 14.7 Å². The van der Waals surface area contributed by atoms with Crippen molar-refractivity contribution in [1.29, 1.82) is 0 Å². The van der Waals surface area contributed by atoms with E-state index in [0.717, 1.165) is 95.5 Å². The van der Waals surface area contributed by atoms with Gasteiger partial charge in [-0.15, -0.1) is 11.3 Å². The summed E-state index contributed by atoms with van der Waals surface area (Å²) in [6, 6.07) is 11.9. The number of hydrogen-bond donors (Lipinski definition) is 1. The minimum Gasteiger partial charge on any atom is -0.460 e. The minimum atomic E-state index is -0.446. The molecule has 8 heteroatoms. The average Bonchev–Trinajstić information content (AvgIpc) is 3.56. The van der Waals surface area contributed by atoms with Crippen molar-refractivity contribution in [1.82, 2.24) is 4.90 Å². The van der Waals surface area contributed by atoms with Gasteiger partial charge in [-0.25, -0.2) is 4.79 Å². The summed E-state index contributed by atoms with van der Waals surface area (Å²) in [4.78, 5) is 31.1. The second kappa shape index (κ2) is 14.8. The molecule has 0 bridgehead atoms.